The van der Waals surface area contributed by atoms with Crippen LogP contribution >= 0.6 is 0 Å². The number of carbonyl (C=O) groups excluding carboxylic acids is 3. The number of esters is 1. The number of aryl methyl sites for hydroxylation is 1. The maximum Gasteiger partial charge on any atom is 0.340 e. The number of nitrogens with one attached hydrogen (secondary N) is 1. The Morgan fingerprint density at radius 1 is 1.14 bits per heavy atom. The van der Waals surface area contributed by atoms with Gasteiger partial charge >= 0.3 is 5.97 Å². The number of nitrogens with zero attached hydrogens (tertiary/aromatic N) is 1. The Bertz CT molecular complexity index is 927. The van der Waals surface area contributed by atoms with Crippen LogP contribution in [0.3, 0.4) is 0 Å². The molecule has 4 rings (SSSR count). The van der Waals surface area contributed by atoms with Crippen molar-refractivity contribution >= 4 is 17.8 Å². The zero-order valence-corrected chi connectivity index (χ0v) is 16.3. The fraction of sp³-hybridized carbons (Fsp3) is 0.348. The van der Waals surface area contributed by atoms with Gasteiger partial charge in [0, 0.05) is 18.0 Å². The highest BCUT2D eigenvalue weighted by molar-refractivity contribution is 5.96. The number of hydrogen-bond acceptors (Lipinski definition) is 4. The molecule has 0 aromatic heterocycles. The van der Waals surface area contributed by atoms with Crippen LogP contribution in [0.4, 0.5) is 0 Å². The SMILES string of the molecule is C[C@H](CCc1ccccc1)NC(=O)[C@@H]1CCC(=O)N1[C@H]1OC(=O)c2ccccc21. The van der Waals surface area contributed by atoms with E-state index >= 15 is 0 Å². The van der Waals surface area contributed by atoms with Crippen LogP contribution in [0, 0.1) is 0 Å². The van der Waals surface area contributed by atoms with Gasteiger partial charge in [0.25, 0.3) is 0 Å². The van der Waals surface area contributed by atoms with Crippen molar-refractivity contribution in [1.82, 2.24) is 10.2 Å². The number of hydrogen-bond donors (Lipinski definition) is 1. The van der Waals surface area contributed by atoms with Gasteiger partial charge in [0.05, 0.1) is 5.56 Å². The predicted molar refractivity (Wildman–Crippen MR) is 107 cm³/mol. The molecule has 2 aliphatic rings. The van der Waals surface area contributed by atoms with Crippen LogP contribution in [0.25, 0.3) is 0 Å². The van der Waals surface area contributed by atoms with E-state index in [0.29, 0.717) is 17.5 Å². The Morgan fingerprint density at radius 3 is 2.66 bits per heavy atom. The number of amides is 2. The van der Waals surface area contributed by atoms with E-state index in [0.717, 1.165) is 12.8 Å². The molecule has 0 saturated carbocycles. The second kappa shape index (κ2) is 8.07. The predicted octanol–water partition coefficient (Wildman–Crippen LogP) is 2.98. The van der Waals surface area contributed by atoms with E-state index in [-0.39, 0.29) is 24.3 Å². The van der Waals surface area contributed by atoms with Gasteiger partial charge in [-0.2, -0.15) is 0 Å². The maximum absolute atomic E-state index is 12.9. The van der Waals surface area contributed by atoms with Crippen molar-refractivity contribution in [3.63, 3.8) is 0 Å². The molecule has 0 spiro atoms. The molecule has 2 aromatic carbocycles. The smallest absolute Gasteiger partial charge is 0.340 e. The van der Waals surface area contributed by atoms with Crippen molar-refractivity contribution in [2.24, 2.45) is 0 Å². The van der Waals surface area contributed by atoms with E-state index in [9.17, 15) is 14.4 Å². The first-order valence-corrected chi connectivity index (χ1v) is 10.00. The van der Waals surface area contributed by atoms with Crippen LogP contribution in [0.5, 0.6) is 0 Å². The van der Waals surface area contributed by atoms with E-state index in [1.807, 2.05) is 25.1 Å². The van der Waals surface area contributed by atoms with Crippen molar-refractivity contribution < 1.29 is 19.1 Å². The molecule has 150 valence electrons. The molecular formula is C23H24N2O4. The summed E-state index contributed by atoms with van der Waals surface area (Å²) in [5, 5.41) is 3.03. The van der Waals surface area contributed by atoms with Crippen LogP contribution in [0.1, 0.15) is 53.9 Å². The molecule has 0 unspecified atom stereocenters. The molecule has 1 N–H and O–H groups in total. The quantitative estimate of drug-likeness (QED) is 0.767. The first kappa shape index (κ1) is 19.2. The normalized spacial score (nSPS) is 21.6. The van der Waals surface area contributed by atoms with E-state index < -0.39 is 18.2 Å². The summed E-state index contributed by atoms with van der Waals surface area (Å²) in [5.41, 5.74) is 2.32. The van der Waals surface area contributed by atoms with Gasteiger partial charge in [-0.1, -0.05) is 48.5 Å². The molecular weight excluding hydrogens is 368 g/mol. The largest absolute Gasteiger partial charge is 0.433 e. The lowest BCUT2D eigenvalue weighted by Crippen LogP contribution is -2.48. The van der Waals surface area contributed by atoms with Gasteiger partial charge in [-0.3, -0.25) is 14.5 Å². The highest BCUT2D eigenvalue weighted by Gasteiger charge is 2.46. The summed E-state index contributed by atoms with van der Waals surface area (Å²) in [5.74, 6) is -0.825. The Balaban J connectivity index is 1.43. The highest BCUT2D eigenvalue weighted by atomic mass is 16.6. The summed E-state index contributed by atoms with van der Waals surface area (Å²) < 4.78 is 5.46. The average Bonchev–Trinajstić information content (AvgIpc) is 3.27. The van der Waals surface area contributed by atoms with Crippen LogP contribution in [0.2, 0.25) is 0 Å². The Labute approximate surface area is 169 Å². The molecule has 0 bridgehead atoms. The van der Waals surface area contributed by atoms with Gasteiger partial charge in [0.1, 0.15) is 6.04 Å². The minimum atomic E-state index is -0.830. The molecule has 29 heavy (non-hydrogen) atoms. The van der Waals surface area contributed by atoms with Crippen molar-refractivity contribution in [3.05, 3.63) is 71.3 Å². The van der Waals surface area contributed by atoms with Crippen molar-refractivity contribution in [3.8, 4) is 0 Å². The summed E-state index contributed by atoms with van der Waals surface area (Å²) in [7, 11) is 0. The van der Waals surface area contributed by atoms with Crippen LogP contribution < -0.4 is 5.32 Å². The zero-order chi connectivity index (χ0) is 20.4. The van der Waals surface area contributed by atoms with Crippen molar-refractivity contribution in [2.75, 3.05) is 0 Å². The third-order valence-corrected chi connectivity index (χ3v) is 5.57. The zero-order valence-electron chi connectivity index (χ0n) is 16.3. The van der Waals surface area contributed by atoms with E-state index in [1.165, 1.54) is 10.5 Å². The lowest BCUT2D eigenvalue weighted by molar-refractivity contribution is -0.146. The fourth-order valence-corrected chi connectivity index (χ4v) is 4.03. The number of carbonyl (C=O) groups is 3. The van der Waals surface area contributed by atoms with Gasteiger partial charge in [-0.05, 0) is 37.8 Å². The lowest BCUT2D eigenvalue weighted by Gasteiger charge is -2.30. The number of rotatable bonds is 6. The van der Waals surface area contributed by atoms with Gasteiger partial charge in [-0.15, -0.1) is 0 Å². The Kier molecular flexibility index (Phi) is 5.34. The number of ether oxygens (including phenoxy) is 1. The molecule has 6 heteroatoms. The topological polar surface area (TPSA) is 75.7 Å². The minimum Gasteiger partial charge on any atom is -0.433 e. The Morgan fingerprint density at radius 2 is 1.86 bits per heavy atom. The number of fused-ring (bicyclic) bond motifs is 1. The maximum atomic E-state index is 12.9. The van der Waals surface area contributed by atoms with E-state index in [2.05, 4.69) is 17.4 Å². The minimum absolute atomic E-state index is 0.0290. The number of likely N-dealkylation sites (tertiary alicyclic amines) is 1. The molecule has 1 saturated heterocycles. The first-order chi connectivity index (χ1) is 14.0. The van der Waals surface area contributed by atoms with Crippen LogP contribution in [0.15, 0.2) is 54.6 Å². The first-order valence-electron chi connectivity index (χ1n) is 10.00. The monoisotopic (exact) mass is 392 g/mol. The highest BCUT2D eigenvalue weighted by Crippen LogP contribution is 2.38. The molecule has 3 atom stereocenters. The third-order valence-electron chi connectivity index (χ3n) is 5.57. The molecule has 2 amide bonds. The molecule has 0 radical (unpaired) electrons. The van der Waals surface area contributed by atoms with E-state index in [4.69, 9.17) is 4.74 Å². The second-order valence-corrected chi connectivity index (χ2v) is 7.63. The van der Waals surface area contributed by atoms with Gasteiger partial charge in [0.2, 0.25) is 18.0 Å². The van der Waals surface area contributed by atoms with Crippen LogP contribution in [-0.2, 0) is 20.7 Å². The molecule has 0 aliphatic carbocycles. The standard InChI is InChI=1S/C23H24N2O4/c1-15(11-12-16-7-3-2-4-8-16)24-21(27)19-13-14-20(26)25(19)22-17-9-5-6-10-18(17)23(28)29-22/h2-10,15,19,22H,11-14H2,1H3,(H,24,27)/t15-,19+,22+/m1/s1. The summed E-state index contributed by atoms with van der Waals surface area (Å²) in [6.07, 6.45) is 1.53. The molecule has 6 nitrogen and oxygen atoms in total. The van der Waals surface area contributed by atoms with Gasteiger partial charge < -0.3 is 10.1 Å². The van der Waals surface area contributed by atoms with Gasteiger partial charge in [-0.25, -0.2) is 4.79 Å². The molecule has 2 heterocycles. The van der Waals surface area contributed by atoms with E-state index in [1.54, 1.807) is 24.3 Å². The van der Waals surface area contributed by atoms with Gasteiger partial charge in [0.15, 0.2) is 0 Å². The molecule has 2 aliphatic heterocycles. The van der Waals surface area contributed by atoms with Crippen molar-refractivity contribution in [2.45, 2.75) is 50.9 Å². The number of cyclic esters (lactones) is 1. The lowest BCUT2D eigenvalue weighted by atomic mass is 10.1. The summed E-state index contributed by atoms with van der Waals surface area (Å²) >= 11 is 0. The fourth-order valence-electron chi connectivity index (χ4n) is 4.03. The summed E-state index contributed by atoms with van der Waals surface area (Å²) in [6, 6.07) is 16.5. The molecule has 2 aromatic rings. The second-order valence-electron chi connectivity index (χ2n) is 7.63. The van der Waals surface area contributed by atoms with Crippen LogP contribution in [-0.4, -0.2) is 34.8 Å². The summed E-state index contributed by atoms with van der Waals surface area (Å²) in [6.45, 7) is 1.97. The summed E-state index contributed by atoms with van der Waals surface area (Å²) in [4.78, 5) is 39.1. The average molecular weight is 392 g/mol. The Hall–Kier alpha value is -3.15. The molecule has 1 fully saturated rings. The van der Waals surface area contributed by atoms with Crippen molar-refractivity contribution in [1.29, 1.82) is 0 Å². The number of benzene rings is 2. The third kappa shape index (κ3) is 3.88.